The summed E-state index contributed by atoms with van der Waals surface area (Å²) in [6, 6.07) is 8.04. The highest BCUT2D eigenvalue weighted by molar-refractivity contribution is 5.77. The van der Waals surface area contributed by atoms with Crippen molar-refractivity contribution in [3.63, 3.8) is 0 Å². The molecule has 1 N–H and O–H groups in total. The summed E-state index contributed by atoms with van der Waals surface area (Å²) in [5.74, 6) is 1.51. The van der Waals surface area contributed by atoms with Gasteiger partial charge in [0.15, 0.2) is 0 Å². The number of hydrogen-bond donors (Lipinski definition) is 1. The first-order valence-corrected chi connectivity index (χ1v) is 6.39. The van der Waals surface area contributed by atoms with Gasteiger partial charge in [0, 0.05) is 19.5 Å². The molecule has 18 heavy (non-hydrogen) atoms. The van der Waals surface area contributed by atoms with Crippen molar-refractivity contribution in [1.82, 2.24) is 10.4 Å². The predicted molar refractivity (Wildman–Crippen MR) is 69.9 cm³/mol. The highest BCUT2D eigenvalue weighted by Gasteiger charge is 2.17. The molecule has 0 saturated carbocycles. The highest BCUT2D eigenvalue weighted by atomic mass is 16.5. The summed E-state index contributed by atoms with van der Waals surface area (Å²) < 4.78 is 5.69. The van der Waals surface area contributed by atoms with Crippen LogP contribution in [0.3, 0.4) is 0 Å². The van der Waals surface area contributed by atoms with Crippen LogP contribution in [0.25, 0.3) is 0 Å². The second-order valence-electron chi connectivity index (χ2n) is 5.06. The molecule has 1 amide bonds. The van der Waals surface area contributed by atoms with E-state index in [1.54, 1.807) is 0 Å². The number of carbonyl (C=O) groups is 1. The lowest BCUT2D eigenvalue weighted by molar-refractivity contribution is -0.121. The fourth-order valence-electron chi connectivity index (χ4n) is 1.86. The second kappa shape index (κ2) is 5.87. The minimum absolute atomic E-state index is 0.0993. The van der Waals surface area contributed by atoms with Gasteiger partial charge in [-0.1, -0.05) is 26.0 Å². The van der Waals surface area contributed by atoms with Crippen molar-refractivity contribution in [2.45, 2.75) is 26.8 Å². The number of rotatable bonds is 5. The maximum absolute atomic E-state index is 11.1. The van der Waals surface area contributed by atoms with Crippen LogP contribution in [-0.2, 0) is 11.3 Å². The number of amides is 1. The summed E-state index contributed by atoms with van der Waals surface area (Å²) >= 11 is 0. The van der Waals surface area contributed by atoms with Gasteiger partial charge in [-0.25, -0.2) is 5.01 Å². The zero-order valence-electron chi connectivity index (χ0n) is 11.0. The van der Waals surface area contributed by atoms with E-state index in [-0.39, 0.29) is 5.91 Å². The Hall–Kier alpha value is -1.55. The van der Waals surface area contributed by atoms with Crippen LogP contribution in [0.1, 0.15) is 25.8 Å². The summed E-state index contributed by atoms with van der Waals surface area (Å²) in [7, 11) is 0. The fourth-order valence-corrected chi connectivity index (χ4v) is 1.86. The Bertz CT molecular complexity index is 418. The van der Waals surface area contributed by atoms with Gasteiger partial charge in [-0.05, 0) is 23.6 Å². The lowest BCUT2D eigenvalue weighted by atomic mass is 10.2. The van der Waals surface area contributed by atoms with Crippen molar-refractivity contribution in [1.29, 1.82) is 0 Å². The highest BCUT2D eigenvalue weighted by Crippen LogP contribution is 2.16. The van der Waals surface area contributed by atoms with Gasteiger partial charge in [0.05, 0.1) is 6.61 Å². The van der Waals surface area contributed by atoms with E-state index in [2.05, 4.69) is 19.3 Å². The Morgan fingerprint density at radius 2 is 2.28 bits per heavy atom. The van der Waals surface area contributed by atoms with E-state index in [0.29, 0.717) is 12.3 Å². The van der Waals surface area contributed by atoms with Crippen LogP contribution in [0.5, 0.6) is 5.75 Å². The molecule has 1 fully saturated rings. The zero-order chi connectivity index (χ0) is 13.0. The van der Waals surface area contributed by atoms with Crippen LogP contribution in [0.15, 0.2) is 24.3 Å². The lowest BCUT2D eigenvalue weighted by Crippen LogP contribution is -2.32. The number of ether oxygens (including phenoxy) is 1. The van der Waals surface area contributed by atoms with E-state index in [9.17, 15) is 4.79 Å². The zero-order valence-corrected chi connectivity index (χ0v) is 11.0. The van der Waals surface area contributed by atoms with Gasteiger partial charge < -0.3 is 4.74 Å². The van der Waals surface area contributed by atoms with Gasteiger partial charge >= 0.3 is 0 Å². The third kappa shape index (κ3) is 3.74. The lowest BCUT2D eigenvalue weighted by Gasteiger charge is -2.15. The summed E-state index contributed by atoms with van der Waals surface area (Å²) in [6.07, 6.45) is 0.587. The van der Waals surface area contributed by atoms with E-state index < -0.39 is 0 Å². The van der Waals surface area contributed by atoms with Crippen LogP contribution in [-0.4, -0.2) is 24.1 Å². The predicted octanol–water partition coefficient (Wildman–Crippen LogP) is 1.96. The Balaban J connectivity index is 1.92. The number of benzene rings is 1. The average Bonchev–Trinajstić information content (AvgIpc) is 2.73. The van der Waals surface area contributed by atoms with Crippen molar-refractivity contribution in [3.05, 3.63) is 29.8 Å². The summed E-state index contributed by atoms with van der Waals surface area (Å²) in [5, 5.41) is 1.93. The van der Waals surface area contributed by atoms with Gasteiger partial charge in [0.1, 0.15) is 5.75 Å². The van der Waals surface area contributed by atoms with Gasteiger partial charge in [-0.3, -0.25) is 10.2 Å². The molecule has 0 atom stereocenters. The van der Waals surface area contributed by atoms with E-state index in [0.717, 1.165) is 31.0 Å². The Kier molecular flexibility index (Phi) is 4.20. The topological polar surface area (TPSA) is 41.6 Å². The minimum atomic E-state index is 0.0993. The first-order chi connectivity index (χ1) is 8.63. The minimum Gasteiger partial charge on any atom is -0.493 e. The molecule has 2 rings (SSSR count). The van der Waals surface area contributed by atoms with Crippen LogP contribution in [0.2, 0.25) is 0 Å². The Labute approximate surface area is 108 Å². The number of carbonyl (C=O) groups excluding carboxylic acids is 1. The maximum Gasteiger partial charge on any atom is 0.235 e. The second-order valence-corrected chi connectivity index (χ2v) is 5.06. The molecule has 0 aromatic heterocycles. The molecular weight excluding hydrogens is 228 g/mol. The van der Waals surface area contributed by atoms with Crippen molar-refractivity contribution in [2.24, 2.45) is 5.92 Å². The summed E-state index contributed by atoms with van der Waals surface area (Å²) in [6.45, 7) is 6.48. The van der Waals surface area contributed by atoms with E-state index in [1.165, 1.54) is 0 Å². The van der Waals surface area contributed by atoms with Gasteiger partial charge in [-0.2, -0.15) is 0 Å². The van der Waals surface area contributed by atoms with E-state index in [1.807, 2.05) is 29.3 Å². The molecule has 0 aliphatic carbocycles. The van der Waals surface area contributed by atoms with Crippen LogP contribution in [0.4, 0.5) is 0 Å². The van der Waals surface area contributed by atoms with Gasteiger partial charge in [0.25, 0.3) is 0 Å². The van der Waals surface area contributed by atoms with E-state index >= 15 is 0 Å². The number of hydrazine groups is 1. The molecule has 1 aromatic carbocycles. The SMILES string of the molecule is CC(C)COc1cccc(CN2CCC(=O)N2)c1. The first-order valence-electron chi connectivity index (χ1n) is 6.39. The summed E-state index contributed by atoms with van der Waals surface area (Å²) in [4.78, 5) is 11.1. The number of nitrogens with one attached hydrogen (secondary N) is 1. The van der Waals surface area contributed by atoms with E-state index in [4.69, 9.17) is 4.74 Å². The van der Waals surface area contributed by atoms with Crippen molar-refractivity contribution in [3.8, 4) is 5.75 Å². The largest absolute Gasteiger partial charge is 0.493 e. The van der Waals surface area contributed by atoms with Crippen molar-refractivity contribution >= 4 is 5.91 Å². The van der Waals surface area contributed by atoms with Gasteiger partial charge in [0.2, 0.25) is 5.91 Å². The normalized spacial score (nSPS) is 16.1. The molecule has 4 heteroatoms. The number of hydrogen-bond acceptors (Lipinski definition) is 3. The van der Waals surface area contributed by atoms with Crippen LogP contribution >= 0.6 is 0 Å². The molecule has 1 aromatic rings. The van der Waals surface area contributed by atoms with Crippen LogP contribution < -0.4 is 10.2 Å². The summed E-state index contributed by atoms with van der Waals surface area (Å²) in [5.41, 5.74) is 3.98. The molecule has 98 valence electrons. The molecule has 4 nitrogen and oxygen atoms in total. The molecule has 1 aliphatic rings. The van der Waals surface area contributed by atoms with Crippen LogP contribution in [0, 0.1) is 5.92 Å². The fraction of sp³-hybridized carbons (Fsp3) is 0.500. The number of nitrogens with zero attached hydrogens (tertiary/aromatic N) is 1. The Morgan fingerprint density at radius 3 is 2.94 bits per heavy atom. The third-order valence-electron chi connectivity index (χ3n) is 2.75. The quantitative estimate of drug-likeness (QED) is 0.866. The Morgan fingerprint density at radius 1 is 1.44 bits per heavy atom. The van der Waals surface area contributed by atoms with Crippen molar-refractivity contribution < 1.29 is 9.53 Å². The smallest absolute Gasteiger partial charge is 0.235 e. The first kappa shape index (κ1) is 12.9. The molecule has 1 saturated heterocycles. The molecule has 0 spiro atoms. The average molecular weight is 248 g/mol. The molecular formula is C14H20N2O2. The standard InChI is InChI=1S/C14H20N2O2/c1-11(2)10-18-13-5-3-4-12(8-13)9-16-7-6-14(17)15-16/h3-5,8,11H,6-7,9-10H2,1-2H3,(H,15,17). The molecule has 0 radical (unpaired) electrons. The van der Waals surface area contributed by atoms with Crippen molar-refractivity contribution in [2.75, 3.05) is 13.2 Å². The monoisotopic (exact) mass is 248 g/mol. The molecule has 0 unspecified atom stereocenters. The molecule has 1 heterocycles. The maximum atomic E-state index is 11.1. The van der Waals surface area contributed by atoms with Gasteiger partial charge in [-0.15, -0.1) is 0 Å². The molecule has 0 bridgehead atoms. The molecule has 1 aliphatic heterocycles. The third-order valence-corrected chi connectivity index (χ3v) is 2.75.